The summed E-state index contributed by atoms with van der Waals surface area (Å²) >= 11 is 0. The van der Waals surface area contributed by atoms with E-state index in [4.69, 9.17) is 0 Å². The molecule has 1 heteroatoms. The molecule has 1 N–H and O–H groups in total. The standard InChI is InChI=1S/C14H21N/c1-9-7-11(3)13(8-10(9)2)14(15-4)12-5-6-12/h7-8,12,14-15H,5-6H2,1-4H3. The van der Waals surface area contributed by atoms with Gasteiger partial charge >= 0.3 is 0 Å². The van der Waals surface area contributed by atoms with Gasteiger partial charge in [0.05, 0.1) is 0 Å². The zero-order chi connectivity index (χ0) is 11.0. The van der Waals surface area contributed by atoms with Gasteiger partial charge < -0.3 is 5.32 Å². The Morgan fingerprint density at radius 2 is 1.67 bits per heavy atom. The molecule has 2 rings (SSSR count). The molecule has 0 spiro atoms. The minimum atomic E-state index is 0.573. The lowest BCUT2D eigenvalue weighted by atomic mass is 9.93. The molecule has 1 fully saturated rings. The van der Waals surface area contributed by atoms with Gasteiger partial charge in [0.15, 0.2) is 0 Å². The molecule has 1 nitrogen and oxygen atoms in total. The molecule has 1 saturated carbocycles. The van der Waals surface area contributed by atoms with Gasteiger partial charge in [0.2, 0.25) is 0 Å². The van der Waals surface area contributed by atoms with Crippen LogP contribution in [0.4, 0.5) is 0 Å². The van der Waals surface area contributed by atoms with Crippen molar-refractivity contribution in [2.45, 2.75) is 39.7 Å². The fraction of sp³-hybridized carbons (Fsp3) is 0.571. The van der Waals surface area contributed by atoms with Crippen LogP contribution < -0.4 is 5.32 Å². The Kier molecular flexibility index (Phi) is 2.83. The fourth-order valence-corrected chi connectivity index (χ4v) is 2.39. The number of aryl methyl sites for hydroxylation is 3. The van der Waals surface area contributed by atoms with Crippen LogP contribution in [-0.2, 0) is 0 Å². The molecule has 0 aliphatic heterocycles. The second kappa shape index (κ2) is 3.97. The third kappa shape index (κ3) is 2.07. The van der Waals surface area contributed by atoms with Gasteiger partial charge in [-0.15, -0.1) is 0 Å². The molecule has 1 aliphatic rings. The van der Waals surface area contributed by atoms with E-state index in [1.54, 1.807) is 0 Å². The number of rotatable bonds is 3. The minimum absolute atomic E-state index is 0.573. The predicted molar refractivity (Wildman–Crippen MR) is 65.2 cm³/mol. The smallest absolute Gasteiger partial charge is 0.0348 e. The summed E-state index contributed by atoms with van der Waals surface area (Å²) in [5.74, 6) is 0.871. The van der Waals surface area contributed by atoms with E-state index in [0.717, 1.165) is 5.92 Å². The molecule has 1 unspecified atom stereocenters. The number of nitrogens with one attached hydrogen (secondary N) is 1. The first-order chi connectivity index (χ1) is 7.13. The van der Waals surface area contributed by atoms with Crippen molar-refractivity contribution in [1.82, 2.24) is 5.32 Å². The van der Waals surface area contributed by atoms with Gasteiger partial charge in [-0.05, 0) is 68.8 Å². The Labute approximate surface area is 92.9 Å². The average molecular weight is 203 g/mol. The van der Waals surface area contributed by atoms with Crippen molar-refractivity contribution in [2.24, 2.45) is 5.92 Å². The SMILES string of the molecule is CNC(c1cc(C)c(C)cc1C)C1CC1. The van der Waals surface area contributed by atoms with Gasteiger partial charge in [0, 0.05) is 6.04 Å². The molecule has 0 amide bonds. The molecule has 15 heavy (non-hydrogen) atoms. The molecule has 1 aromatic carbocycles. The molecule has 1 atom stereocenters. The molecule has 1 aliphatic carbocycles. The first-order valence-corrected chi connectivity index (χ1v) is 5.88. The van der Waals surface area contributed by atoms with Crippen molar-refractivity contribution in [3.8, 4) is 0 Å². The number of benzene rings is 1. The van der Waals surface area contributed by atoms with Gasteiger partial charge in [-0.2, -0.15) is 0 Å². The van der Waals surface area contributed by atoms with Crippen LogP contribution in [0.5, 0.6) is 0 Å². The van der Waals surface area contributed by atoms with Crippen molar-refractivity contribution >= 4 is 0 Å². The maximum atomic E-state index is 3.47. The van der Waals surface area contributed by atoms with Crippen molar-refractivity contribution in [3.05, 3.63) is 34.4 Å². The van der Waals surface area contributed by atoms with Crippen LogP contribution in [0.15, 0.2) is 12.1 Å². The Morgan fingerprint density at radius 3 is 2.20 bits per heavy atom. The van der Waals surface area contributed by atoms with Crippen LogP contribution >= 0.6 is 0 Å². The maximum Gasteiger partial charge on any atom is 0.0348 e. The van der Waals surface area contributed by atoms with E-state index in [1.165, 1.54) is 35.1 Å². The summed E-state index contributed by atoms with van der Waals surface area (Å²) in [4.78, 5) is 0. The topological polar surface area (TPSA) is 12.0 Å². The van der Waals surface area contributed by atoms with Crippen molar-refractivity contribution in [3.63, 3.8) is 0 Å². The summed E-state index contributed by atoms with van der Waals surface area (Å²) in [6.07, 6.45) is 2.77. The highest BCUT2D eigenvalue weighted by molar-refractivity contribution is 5.38. The van der Waals surface area contributed by atoms with E-state index >= 15 is 0 Å². The minimum Gasteiger partial charge on any atom is -0.313 e. The molecule has 0 radical (unpaired) electrons. The third-order valence-corrected chi connectivity index (χ3v) is 3.62. The van der Waals surface area contributed by atoms with Crippen LogP contribution in [0.1, 0.15) is 41.1 Å². The van der Waals surface area contributed by atoms with E-state index in [9.17, 15) is 0 Å². The van der Waals surface area contributed by atoms with Crippen LogP contribution in [0.25, 0.3) is 0 Å². The van der Waals surface area contributed by atoms with Crippen LogP contribution in [0, 0.1) is 26.7 Å². The highest BCUT2D eigenvalue weighted by atomic mass is 14.9. The Balaban J connectivity index is 2.37. The summed E-state index contributed by atoms with van der Waals surface area (Å²) < 4.78 is 0. The molecular weight excluding hydrogens is 182 g/mol. The summed E-state index contributed by atoms with van der Waals surface area (Å²) in [7, 11) is 2.08. The predicted octanol–water partition coefficient (Wildman–Crippen LogP) is 3.28. The molecule has 0 bridgehead atoms. The third-order valence-electron chi connectivity index (χ3n) is 3.62. The molecular formula is C14H21N. The Bertz CT molecular complexity index is 364. The molecule has 0 aromatic heterocycles. The van der Waals surface area contributed by atoms with Crippen molar-refractivity contribution in [1.29, 1.82) is 0 Å². The lowest BCUT2D eigenvalue weighted by Gasteiger charge is -2.20. The summed E-state index contributed by atoms with van der Waals surface area (Å²) in [6.45, 7) is 6.63. The average Bonchev–Trinajstić information content (AvgIpc) is 2.99. The normalized spacial score (nSPS) is 17.9. The number of hydrogen-bond donors (Lipinski definition) is 1. The zero-order valence-corrected chi connectivity index (χ0v) is 10.2. The lowest BCUT2D eigenvalue weighted by Crippen LogP contribution is -2.19. The summed E-state index contributed by atoms with van der Waals surface area (Å²) in [5.41, 5.74) is 5.76. The first kappa shape index (κ1) is 10.7. The monoisotopic (exact) mass is 203 g/mol. The quantitative estimate of drug-likeness (QED) is 0.795. The van der Waals surface area contributed by atoms with Crippen molar-refractivity contribution < 1.29 is 0 Å². The molecule has 82 valence electrons. The second-order valence-electron chi connectivity index (χ2n) is 4.90. The highest BCUT2D eigenvalue weighted by Crippen LogP contribution is 2.42. The van der Waals surface area contributed by atoms with Crippen LogP contribution in [0.3, 0.4) is 0 Å². The molecule has 1 aromatic rings. The first-order valence-electron chi connectivity index (χ1n) is 5.88. The maximum absolute atomic E-state index is 3.47. The van der Waals surface area contributed by atoms with E-state index in [2.05, 4.69) is 45.3 Å². The van der Waals surface area contributed by atoms with Crippen molar-refractivity contribution in [2.75, 3.05) is 7.05 Å². The van der Waals surface area contributed by atoms with E-state index in [0.29, 0.717) is 6.04 Å². The summed E-state index contributed by atoms with van der Waals surface area (Å²) in [6, 6.07) is 5.26. The Hall–Kier alpha value is -0.820. The van der Waals surface area contributed by atoms with E-state index < -0.39 is 0 Å². The van der Waals surface area contributed by atoms with Gasteiger partial charge in [0.25, 0.3) is 0 Å². The van der Waals surface area contributed by atoms with Crippen LogP contribution in [0.2, 0.25) is 0 Å². The van der Waals surface area contributed by atoms with Gasteiger partial charge in [-0.3, -0.25) is 0 Å². The summed E-state index contributed by atoms with van der Waals surface area (Å²) in [5, 5.41) is 3.47. The van der Waals surface area contributed by atoms with Crippen LogP contribution in [-0.4, -0.2) is 7.05 Å². The van der Waals surface area contributed by atoms with E-state index in [-0.39, 0.29) is 0 Å². The highest BCUT2D eigenvalue weighted by Gasteiger charge is 2.31. The van der Waals surface area contributed by atoms with Gasteiger partial charge in [0.1, 0.15) is 0 Å². The largest absolute Gasteiger partial charge is 0.313 e. The molecule has 0 heterocycles. The lowest BCUT2D eigenvalue weighted by molar-refractivity contribution is 0.526. The second-order valence-corrected chi connectivity index (χ2v) is 4.90. The van der Waals surface area contributed by atoms with E-state index in [1.807, 2.05) is 0 Å². The Morgan fingerprint density at radius 1 is 1.07 bits per heavy atom. The number of hydrogen-bond acceptors (Lipinski definition) is 1. The fourth-order valence-electron chi connectivity index (χ4n) is 2.39. The molecule has 0 saturated heterocycles. The zero-order valence-electron chi connectivity index (χ0n) is 10.2. The van der Waals surface area contributed by atoms with Gasteiger partial charge in [-0.1, -0.05) is 12.1 Å². The van der Waals surface area contributed by atoms with Gasteiger partial charge in [-0.25, -0.2) is 0 Å².